The van der Waals surface area contributed by atoms with Crippen molar-refractivity contribution < 1.29 is 4.74 Å². The summed E-state index contributed by atoms with van der Waals surface area (Å²) in [4.78, 5) is 10.2. The number of pyridine rings is 1. The molecule has 0 N–H and O–H groups in total. The first-order valence-electron chi connectivity index (χ1n) is 28.6. The van der Waals surface area contributed by atoms with E-state index in [9.17, 15) is 0 Å². The number of ether oxygens (including phenoxy) is 1. The first-order chi connectivity index (χ1) is 38.6. The maximum atomic E-state index is 7.36. The molecule has 1 aliphatic heterocycles. The van der Waals surface area contributed by atoms with E-state index in [0.717, 1.165) is 69.2 Å². The van der Waals surface area contributed by atoms with Gasteiger partial charge in [0, 0.05) is 51.3 Å². The number of anilines is 4. The highest BCUT2D eigenvalue weighted by atomic mass is 16.5. The second-order valence-corrected chi connectivity index (χ2v) is 22.9. The Balaban J connectivity index is 0.980. The number of fused-ring (bicyclic) bond motifs is 4. The summed E-state index contributed by atoms with van der Waals surface area (Å²) in [6.07, 6.45) is 6.70. The molecule has 5 nitrogen and oxygen atoms in total. The maximum Gasteiger partial charge on any atom is 0.137 e. The molecule has 13 rings (SSSR count). The SMILES string of the molecule is CC(C)c1cc(C(C)C)c(-c2cc(Oc3ccc4c5ccccc5n(-c5cc(C6(c7ccccc7)CCCC6)ccn5)c4c3)cc(N3CN(c4c(-c5ccccc5)cccc4-c4ccccc4)c4ccccc43)c2)c(C(C)C)c1. The first kappa shape index (κ1) is 49.9. The van der Waals surface area contributed by atoms with Crippen molar-refractivity contribution in [2.75, 3.05) is 16.5 Å². The van der Waals surface area contributed by atoms with Crippen LogP contribution in [0.3, 0.4) is 0 Å². The summed E-state index contributed by atoms with van der Waals surface area (Å²) >= 11 is 0. The molecule has 3 heterocycles. The highest BCUT2D eigenvalue weighted by Crippen LogP contribution is 2.52. The Kier molecular flexibility index (Phi) is 13.0. The van der Waals surface area contributed by atoms with E-state index in [1.807, 2.05) is 6.20 Å². The van der Waals surface area contributed by atoms with E-state index in [2.05, 4.69) is 274 Å². The number of hydrogen-bond acceptors (Lipinski definition) is 4. The van der Waals surface area contributed by atoms with Gasteiger partial charge in [-0.15, -0.1) is 0 Å². The van der Waals surface area contributed by atoms with Crippen molar-refractivity contribution in [1.82, 2.24) is 9.55 Å². The molecule has 1 saturated carbocycles. The van der Waals surface area contributed by atoms with E-state index in [1.54, 1.807) is 0 Å². The molecule has 390 valence electrons. The summed E-state index contributed by atoms with van der Waals surface area (Å²) in [5, 5.41) is 2.35. The van der Waals surface area contributed by atoms with Crippen LogP contribution in [-0.2, 0) is 5.41 Å². The van der Waals surface area contributed by atoms with Crippen LogP contribution in [0, 0.1) is 0 Å². The van der Waals surface area contributed by atoms with Crippen molar-refractivity contribution in [1.29, 1.82) is 0 Å². The van der Waals surface area contributed by atoms with E-state index >= 15 is 0 Å². The van der Waals surface area contributed by atoms with Crippen molar-refractivity contribution in [3.63, 3.8) is 0 Å². The Labute approximate surface area is 466 Å². The quantitative estimate of drug-likeness (QED) is 0.115. The van der Waals surface area contributed by atoms with Crippen LogP contribution in [0.4, 0.5) is 22.7 Å². The van der Waals surface area contributed by atoms with Crippen molar-refractivity contribution in [2.24, 2.45) is 0 Å². The molecule has 1 fully saturated rings. The Morgan fingerprint density at radius 2 is 1.05 bits per heavy atom. The fourth-order valence-corrected chi connectivity index (χ4v) is 13.1. The molecule has 0 bridgehead atoms. The number of nitrogens with zero attached hydrogens (tertiary/aromatic N) is 4. The zero-order valence-corrected chi connectivity index (χ0v) is 46.3. The van der Waals surface area contributed by atoms with Crippen LogP contribution in [0.2, 0.25) is 0 Å². The van der Waals surface area contributed by atoms with Crippen LogP contribution in [-0.4, -0.2) is 16.2 Å². The lowest BCUT2D eigenvalue weighted by Gasteiger charge is -2.31. The summed E-state index contributed by atoms with van der Waals surface area (Å²) in [6, 6.07) is 80.3. The van der Waals surface area contributed by atoms with Crippen molar-refractivity contribution in [2.45, 2.75) is 90.4 Å². The first-order valence-corrected chi connectivity index (χ1v) is 28.6. The van der Waals surface area contributed by atoms with Gasteiger partial charge >= 0.3 is 0 Å². The van der Waals surface area contributed by atoms with Crippen LogP contribution >= 0.6 is 0 Å². The standard InChI is InChI=1S/C74H68N4O/c1-49(2)54-43-65(50(3)4)72(66(44-54)51(5)6)55-41-58(76-48-77(69-34-19-18-33-68(69)76)73-61(52-23-10-7-11-24-52)30-22-31-62(73)53-25-12-8-13-26-53)46-60(42-55)79-59-35-36-64-63-29-16-17-32-67(63)78(70(64)47-59)71-45-57(37-40-75-71)74(38-20-21-39-74)56-27-14-9-15-28-56/h7-19,22-37,40-47,49-51H,20-21,38-39,48H2,1-6H3. The van der Waals surface area contributed by atoms with E-state index in [4.69, 9.17) is 9.72 Å². The van der Waals surface area contributed by atoms with Gasteiger partial charge < -0.3 is 14.5 Å². The smallest absolute Gasteiger partial charge is 0.137 e. The van der Waals surface area contributed by atoms with E-state index in [0.29, 0.717) is 24.4 Å². The van der Waals surface area contributed by atoms with Crippen LogP contribution in [0.5, 0.6) is 11.5 Å². The van der Waals surface area contributed by atoms with Crippen LogP contribution in [0.1, 0.15) is 113 Å². The zero-order chi connectivity index (χ0) is 53.8. The molecule has 2 aromatic heterocycles. The van der Waals surface area contributed by atoms with E-state index < -0.39 is 0 Å². The molecule has 0 saturated heterocycles. The number of hydrogen-bond donors (Lipinski definition) is 0. The average Bonchev–Trinajstić information content (AvgIpc) is 4.36. The molecule has 0 atom stereocenters. The Morgan fingerprint density at radius 1 is 0.456 bits per heavy atom. The number of rotatable bonds is 13. The molecule has 0 amide bonds. The van der Waals surface area contributed by atoms with Gasteiger partial charge in [-0.25, -0.2) is 4.98 Å². The minimum absolute atomic E-state index is 0.0446. The summed E-state index contributed by atoms with van der Waals surface area (Å²) in [5.74, 6) is 3.45. The lowest BCUT2D eigenvalue weighted by molar-refractivity contribution is 0.483. The lowest BCUT2D eigenvalue weighted by atomic mass is 9.73. The van der Waals surface area contributed by atoms with Gasteiger partial charge in [0.05, 0.1) is 28.1 Å². The predicted octanol–water partition coefficient (Wildman–Crippen LogP) is 20.4. The van der Waals surface area contributed by atoms with E-state index in [-0.39, 0.29) is 5.41 Å². The van der Waals surface area contributed by atoms with Gasteiger partial charge in [0.15, 0.2) is 0 Å². The summed E-state index contributed by atoms with van der Waals surface area (Å²) in [6.45, 7) is 14.6. The van der Waals surface area contributed by atoms with Gasteiger partial charge in [0.1, 0.15) is 24.0 Å². The molecule has 0 unspecified atom stereocenters. The third-order valence-electron chi connectivity index (χ3n) is 17.0. The molecular weight excluding hydrogens is 961 g/mol. The van der Waals surface area contributed by atoms with Gasteiger partial charge in [0.25, 0.3) is 0 Å². The van der Waals surface area contributed by atoms with Crippen LogP contribution in [0.15, 0.2) is 225 Å². The Bertz CT molecular complexity index is 3930. The largest absolute Gasteiger partial charge is 0.457 e. The zero-order valence-electron chi connectivity index (χ0n) is 46.3. The van der Waals surface area contributed by atoms with E-state index in [1.165, 1.54) is 79.5 Å². The molecular formula is C74H68N4O. The summed E-state index contributed by atoms with van der Waals surface area (Å²) in [7, 11) is 0. The molecule has 0 spiro atoms. The highest BCUT2D eigenvalue weighted by molar-refractivity contribution is 6.09. The Morgan fingerprint density at radius 3 is 1.70 bits per heavy atom. The number of para-hydroxylation sites is 4. The highest BCUT2D eigenvalue weighted by Gasteiger charge is 2.38. The van der Waals surface area contributed by atoms with Crippen molar-refractivity contribution >= 4 is 44.6 Å². The van der Waals surface area contributed by atoms with Gasteiger partial charge in [-0.05, 0) is 135 Å². The second-order valence-electron chi connectivity index (χ2n) is 22.9. The summed E-state index contributed by atoms with van der Waals surface area (Å²) in [5.41, 5.74) is 20.7. The predicted molar refractivity (Wildman–Crippen MR) is 331 cm³/mol. The Hall–Kier alpha value is -8.67. The van der Waals surface area contributed by atoms with Crippen LogP contribution < -0.4 is 14.5 Å². The molecule has 9 aromatic carbocycles. The molecule has 0 radical (unpaired) electrons. The molecule has 2 aliphatic rings. The van der Waals surface area contributed by atoms with Gasteiger partial charge in [0.2, 0.25) is 0 Å². The maximum absolute atomic E-state index is 7.36. The molecule has 11 aromatic rings. The van der Waals surface area contributed by atoms with Gasteiger partial charge in [-0.1, -0.05) is 206 Å². The minimum atomic E-state index is -0.0446. The number of benzene rings is 9. The normalized spacial score (nSPS) is 14.1. The monoisotopic (exact) mass is 1030 g/mol. The second kappa shape index (κ2) is 20.6. The molecule has 5 heteroatoms. The van der Waals surface area contributed by atoms with Crippen LogP contribution in [0.25, 0.3) is 61.0 Å². The minimum Gasteiger partial charge on any atom is -0.457 e. The lowest BCUT2D eigenvalue weighted by Crippen LogP contribution is -2.25. The number of aromatic nitrogens is 2. The van der Waals surface area contributed by atoms with Crippen molar-refractivity contribution in [3.05, 3.63) is 252 Å². The molecule has 79 heavy (non-hydrogen) atoms. The molecule has 1 aliphatic carbocycles. The summed E-state index contributed by atoms with van der Waals surface area (Å²) < 4.78 is 9.71. The van der Waals surface area contributed by atoms with Crippen molar-refractivity contribution in [3.8, 4) is 50.7 Å². The fourth-order valence-electron chi connectivity index (χ4n) is 13.1. The third-order valence-corrected chi connectivity index (χ3v) is 17.0. The average molecular weight is 1030 g/mol. The fraction of sp³-hybridized carbons (Fsp3) is 0.203. The van der Waals surface area contributed by atoms with Gasteiger partial charge in [-0.3, -0.25) is 4.57 Å². The topological polar surface area (TPSA) is 33.5 Å². The third kappa shape index (κ3) is 8.96. The van der Waals surface area contributed by atoms with Gasteiger partial charge in [-0.2, -0.15) is 0 Å².